The molecule has 0 aliphatic heterocycles. The fraction of sp³-hybridized carbons (Fsp3) is 0.200. The van der Waals surface area contributed by atoms with Crippen molar-refractivity contribution < 1.29 is 28.5 Å². The molecule has 156 valence electrons. The number of hydrogen-bond donors (Lipinski definition) is 0. The molecule has 3 aromatic rings. The molecule has 0 aliphatic carbocycles. The molecule has 0 atom stereocenters. The van der Waals surface area contributed by atoms with Crippen LogP contribution in [0.25, 0.3) is 11.0 Å². The summed E-state index contributed by atoms with van der Waals surface area (Å²) in [5.74, 6) is -0.829. The minimum absolute atomic E-state index is 0.00998. The normalized spacial score (nSPS) is 10.7. The Morgan fingerprint density at radius 1 is 1.10 bits per heavy atom. The number of esters is 2. The van der Waals surface area contributed by atoms with Crippen LogP contribution in [0.4, 0.5) is 0 Å². The summed E-state index contributed by atoms with van der Waals surface area (Å²) in [4.78, 5) is 28.6. The van der Waals surface area contributed by atoms with Gasteiger partial charge >= 0.3 is 17.6 Å². The first kappa shape index (κ1) is 21.6. The molecule has 8 nitrogen and oxygen atoms in total. The molecule has 0 radical (unpaired) electrons. The van der Waals surface area contributed by atoms with E-state index in [0.717, 1.165) is 7.11 Å². The van der Waals surface area contributed by atoms with E-state index in [-0.39, 0.29) is 33.2 Å². The Kier molecular flexibility index (Phi) is 6.59. The zero-order chi connectivity index (χ0) is 21.8. The first-order valence-corrected chi connectivity index (χ1v) is 9.37. The highest BCUT2D eigenvalue weighted by Crippen LogP contribution is 2.26. The van der Waals surface area contributed by atoms with Crippen LogP contribution in [0.2, 0.25) is 10.0 Å². The molecule has 0 spiro atoms. The smallest absolute Gasteiger partial charge is 0.406 e. The lowest BCUT2D eigenvalue weighted by molar-refractivity contribution is -0.581. The fourth-order valence-electron chi connectivity index (χ4n) is 2.72. The highest BCUT2D eigenvalue weighted by molar-refractivity contribution is 6.42. The summed E-state index contributed by atoms with van der Waals surface area (Å²) in [5.41, 5.74) is 0.457. The first-order valence-electron chi connectivity index (χ1n) is 8.62. The third kappa shape index (κ3) is 4.55. The maximum atomic E-state index is 12.7. The number of fused-ring (bicyclic) bond motifs is 1. The van der Waals surface area contributed by atoms with Crippen molar-refractivity contribution in [1.29, 1.82) is 0 Å². The van der Waals surface area contributed by atoms with Crippen molar-refractivity contribution >= 4 is 46.2 Å². The van der Waals surface area contributed by atoms with Gasteiger partial charge in [0.1, 0.15) is 17.9 Å². The summed E-state index contributed by atoms with van der Waals surface area (Å²) in [6.07, 6.45) is -0.00998. The van der Waals surface area contributed by atoms with Gasteiger partial charge < -0.3 is 19.4 Å². The van der Waals surface area contributed by atoms with E-state index in [9.17, 15) is 14.8 Å². The van der Waals surface area contributed by atoms with Crippen LogP contribution in [0.3, 0.4) is 0 Å². The zero-order valence-electron chi connectivity index (χ0n) is 16.0. The van der Waals surface area contributed by atoms with E-state index in [1.54, 1.807) is 31.4 Å². The van der Waals surface area contributed by atoms with Crippen LogP contribution in [0.15, 0.2) is 36.4 Å². The summed E-state index contributed by atoms with van der Waals surface area (Å²) in [6, 6.07) is 9.58. The average molecular weight is 451 g/mol. The second kappa shape index (κ2) is 9.15. The van der Waals surface area contributed by atoms with Crippen LogP contribution in [0.1, 0.15) is 21.7 Å². The Hall–Kier alpha value is -3.10. The minimum atomic E-state index is -0.924. The quantitative estimate of drug-likeness (QED) is 0.322. The molecule has 0 N–H and O–H groups in total. The molecule has 1 aromatic heterocycles. The second-order valence-corrected chi connectivity index (χ2v) is 6.95. The van der Waals surface area contributed by atoms with Gasteiger partial charge in [-0.2, -0.15) is 4.73 Å². The number of benzene rings is 2. The maximum absolute atomic E-state index is 12.7. The summed E-state index contributed by atoms with van der Waals surface area (Å²) in [5, 5.41) is 13.0. The number of methoxy groups -OCH3 is 2. The van der Waals surface area contributed by atoms with Crippen LogP contribution in [-0.2, 0) is 27.3 Å². The van der Waals surface area contributed by atoms with Crippen molar-refractivity contribution in [2.75, 3.05) is 14.2 Å². The number of aromatic nitrogens is 2. The van der Waals surface area contributed by atoms with E-state index < -0.39 is 24.2 Å². The van der Waals surface area contributed by atoms with Crippen LogP contribution in [0.5, 0.6) is 5.75 Å². The van der Waals surface area contributed by atoms with Gasteiger partial charge in [0.25, 0.3) is 0 Å². The predicted molar refractivity (Wildman–Crippen MR) is 109 cm³/mol. The van der Waals surface area contributed by atoms with Crippen LogP contribution in [-0.4, -0.2) is 31.1 Å². The highest BCUT2D eigenvalue weighted by atomic mass is 35.5. The van der Waals surface area contributed by atoms with E-state index in [0.29, 0.717) is 16.0 Å². The lowest BCUT2D eigenvalue weighted by Crippen LogP contribution is -2.38. The minimum Gasteiger partial charge on any atom is -0.618 e. The third-order valence-electron chi connectivity index (χ3n) is 4.22. The molecule has 0 saturated carbocycles. The molecule has 3 rings (SSSR count). The summed E-state index contributed by atoms with van der Waals surface area (Å²) >= 11 is 12.0. The van der Waals surface area contributed by atoms with Crippen LogP contribution < -0.4 is 9.47 Å². The van der Waals surface area contributed by atoms with Crippen molar-refractivity contribution in [3.63, 3.8) is 0 Å². The highest BCUT2D eigenvalue weighted by Gasteiger charge is 2.28. The Morgan fingerprint density at radius 2 is 1.77 bits per heavy atom. The standard InChI is InChI=1S/C20H16Cl2N2O6/c1-28-12-5-3-11(4-6-12)7-18(25)30-10-16-19(20(26)29-2)24(27)17-9-14(22)13(21)8-15(17)23-16/h3-6,8-9H,7,10H2,1-2H3. The number of nitrogens with zero attached hydrogens (tertiary/aromatic N) is 2. The Balaban J connectivity index is 1.87. The number of carbonyl (C=O) groups excluding carboxylic acids is 2. The van der Waals surface area contributed by atoms with E-state index in [1.807, 2.05) is 0 Å². The molecule has 0 saturated heterocycles. The summed E-state index contributed by atoms with van der Waals surface area (Å²) in [7, 11) is 2.67. The van der Waals surface area contributed by atoms with Gasteiger partial charge in [-0.05, 0) is 23.8 Å². The number of carbonyl (C=O) groups is 2. The molecule has 0 bridgehead atoms. The van der Waals surface area contributed by atoms with Gasteiger partial charge in [0.15, 0.2) is 5.69 Å². The molecule has 0 aliphatic rings. The second-order valence-electron chi connectivity index (χ2n) is 6.13. The van der Waals surface area contributed by atoms with Crippen molar-refractivity contribution in [1.82, 2.24) is 4.98 Å². The van der Waals surface area contributed by atoms with Crippen molar-refractivity contribution in [3.8, 4) is 5.75 Å². The van der Waals surface area contributed by atoms with Crippen molar-refractivity contribution in [2.24, 2.45) is 0 Å². The van der Waals surface area contributed by atoms with Gasteiger partial charge in [0, 0.05) is 6.07 Å². The maximum Gasteiger partial charge on any atom is 0.406 e. The molecule has 1 heterocycles. The Bertz CT molecular complexity index is 1120. The molecule has 0 unspecified atom stereocenters. The van der Waals surface area contributed by atoms with Gasteiger partial charge in [-0.1, -0.05) is 35.3 Å². The monoisotopic (exact) mass is 450 g/mol. The van der Waals surface area contributed by atoms with E-state index >= 15 is 0 Å². The number of halogens is 2. The Morgan fingerprint density at radius 3 is 2.40 bits per heavy atom. The van der Waals surface area contributed by atoms with E-state index in [2.05, 4.69) is 9.72 Å². The predicted octanol–water partition coefficient (Wildman–Crippen LogP) is 3.26. The molecule has 0 fully saturated rings. The molecule has 10 heteroatoms. The van der Waals surface area contributed by atoms with Gasteiger partial charge in [-0.25, -0.2) is 9.78 Å². The number of ether oxygens (including phenoxy) is 3. The van der Waals surface area contributed by atoms with Gasteiger partial charge in [0.2, 0.25) is 5.52 Å². The van der Waals surface area contributed by atoms with Crippen molar-refractivity contribution in [3.05, 3.63) is 68.6 Å². The molecule has 0 amide bonds. The van der Waals surface area contributed by atoms with Crippen LogP contribution >= 0.6 is 23.2 Å². The molecular weight excluding hydrogens is 435 g/mol. The SMILES string of the molecule is COC(=O)c1c(COC(=O)Cc2ccc(OC)cc2)nc2cc(Cl)c(Cl)cc2[n+]1[O-]. The lowest BCUT2D eigenvalue weighted by atomic mass is 10.1. The fourth-order valence-corrected chi connectivity index (χ4v) is 3.04. The van der Waals surface area contributed by atoms with Crippen LogP contribution in [0, 0.1) is 5.21 Å². The average Bonchev–Trinajstić information content (AvgIpc) is 2.74. The Labute approximate surface area is 181 Å². The first-order chi connectivity index (χ1) is 14.3. The molecule has 30 heavy (non-hydrogen) atoms. The number of hydrogen-bond acceptors (Lipinski definition) is 7. The lowest BCUT2D eigenvalue weighted by Gasteiger charge is -2.11. The van der Waals surface area contributed by atoms with Crippen molar-refractivity contribution in [2.45, 2.75) is 13.0 Å². The topological polar surface area (TPSA) is 102 Å². The third-order valence-corrected chi connectivity index (χ3v) is 4.95. The molecular formula is C20H16Cl2N2O6. The largest absolute Gasteiger partial charge is 0.618 e. The van der Waals surface area contributed by atoms with Gasteiger partial charge in [-0.3, -0.25) is 4.79 Å². The number of rotatable bonds is 6. The van der Waals surface area contributed by atoms with E-state index in [1.165, 1.54) is 12.1 Å². The van der Waals surface area contributed by atoms with Gasteiger partial charge in [-0.15, -0.1) is 0 Å². The van der Waals surface area contributed by atoms with Gasteiger partial charge in [0.05, 0.1) is 30.7 Å². The summed E-state index contributed by atoms with van der Waals surface area (Å²) in [6.45, 7) is -0.405. The zero-order valence-corrected chi connectivity index (χ0v) is 17.5. The molecule has 2 aromatic carbocycles. The summed E-state index contributed by atoms with van der Waals surface area (Å²) < 4.78 is 15.3. The van der Waals surface area contributed by atoms with E-state index in [4.69, 9.17) is 32.7 Å².